The van der Waals surface area contributed by atoms with Crippen LogP contribution in [0.4, 0.5) is 0 Å². The number of carbonyl (C=O) groups excluding carboxylic acids is 2. The standard InChI is InChI=1S/C44H77O11P/c1-3-5-7-9-11-12-13-14-15-16-17-18-21-25-29-33-43(47)51-37-40(38-53-56(49,50)52-36-39(46)35-45)54-44(48)34-30-26-22-19-20-24-28-32-42-41(55-42)31-27-23-10-8-6-4-2/h14-15,19,22-24,27-28,39-42,45-46H,3-13,16-18,20-21,25-26,29-38H2,1-2H3,(H,49,50)/b15-14-,22-19-,27-23-,28-24-. The Morgan fingerprint density at radius 3 is 1.77 bits per heavy atom. The van der Waals surface area contributed by atoms with Crippen molar-refractivity contribution in [1.29, 1.82) is 0 Å². The van der Waals surface area contributed by atoms with Crippen molar-refractivity contribution in [3.05, 3.63) is 48.6 Å². The van der Waals surface area contributed by atoms with E-state index < -0.39 is 51.8 Å². The van der Waals surface area contributed by atoms with Crippen LogP contribution < -0.4 is 0 Å². The van der Waals surface area contributed by atoms with Gasteiger partial charge in [0.2, 0.25) is 0 Å². The van der Waals surface area contributed by atoms with E-state index in [0.717, 1.165) is 64.2 Å². The second-order valence-electron chi connectivity index (χ2n) is 14.7. The number of carbonyl (C=O) groups is 2. The zero-order valence-electron chi connectivity index (χ0n) is 34.8. The van der Waals surface area contributed by atoms with Crippen molar-refractivity contribution in [3.63, 3.8) is 0 Å². The highest BCUT2D eigenvalue weighted by atomic mass is 31.2. The molecule has 12 heteroatoms. The molecule has 0 aromatic carbocycles. The highest BCUT2D eigenvalue weighted by Gasteiger charge is 2.36. The number of rotatable bonds is 39. The van der Waals surface area contributed by atoms with Gasteiger partial charge in [-0.2, -0.15) is 0 Å². The van der Waals surface area contributed by atoms with Gasteiger partial charge in [-0.1, -0.05) is 127 Å². The number of hydrogen-bond acceptors (Lipinski definition) is 10. The molecule has 1 fully saturated rings. The Balaban J connectivity index is 2.30. The lowest BCUT2D eigenvalue weighted by atomic mass is 10.1. The second-order valence-corrected chi connectivity index (χ2v) is 16.2. The fourth-order valence-electron chi connectivity index (χ4n) is 5.84. The van der Waals surface area contributed by atoms with Crippen LogP contribution >= 0.6 is 7.82 Å². The molecule has 1 aliphatic rings. The van der Waals surface area contributed by atoms with Crippen molar-refractivity contribution in [1.82, 2.24) is 0 Å². The Kier molecular flexibility index (Phi) is 33.4. The first kappa shape index (κ1) is 51.9. The van der Waals surface area contributed by atoms with Crippen LogP contribution in [0, 0.1) is 0 Å². The zero-order chi connectivity index (χ0) is 41.0. The number of phosphoric ester groups is 1. The molecule has 1 rings (SSSR count). The van der Waals surface area contributed by atoms with Crippen molar-refractivity contribution < 1.29 is 52.5 Å². The van der Waals surface area contributed by atoms with Gasteiger partial charge in [0.15, 0.2) is 6.10 Å². The largest absolute Gasteiger partial charge is 0.472 e. The van der Waals surface area contributed by atoms with E-state index in [1.807, 2.05) is 12.2 Å². The predicted molar refractivity (Wildman–Crippen MR) is 223 cm³/mol. The Hall–Kier alpha value is -2.11. The van der Waals surface area contributed by atoms with Gasteiger partial charge in [0, 0.05) is 12.8 Å². The zero-order valence-corrected chi connectivity index (χ0v) is 35.7. The molecule has 0 aromatic heterocycles. The first-order valence-corrected chi connectivity index (χ1v) is 23.2. The number of allylic oxidation sites excluding steroid dienone is 6. The number of hydrogen-bond donors (Lipinski definition) is 3. The number of unbranched alkanes of at least 4 members (excludes halogenated alkanes) is 15. The summed E-state index contributed by atoms with van der Waals surface area (Å²) < 4.78 is 38.4. The predicted octanol–water partition coefficient (Wildman–Crippen LogP) is 10.3. The molecule has 1 heterocycles. The van der Waals surface area contributed by atoms with Gasteiger partial charge in [-0.05, 0) is 77.0 Å². The maximum absolute atomic E-state index is 12.6. The Morgan fingerprint density at radius 1 is 0.625 bits per heavy atom. The van der Waals surface area contributed by atoms with Crippen molar-refractivity contribution in [2.45, 2.75) is 192 Å². The van der Waals surface area contributed by atoms with Crippen LogP contribution in [0.25, 0.3) is 0 Å². The first-order valence-electron chi connectivity index (χ1n) is 21.7. The molecule has 1 saturated heterocycles. The normalized spacial score (nSPS) is 17.9. The van der Waals surface area contributed by atoms with Crippen molar-refractivity contribution in [3.8, 4) is 0 Å². The first-order chi connectivity index (χ1) is 27.2. The average Bonchev–Trinajstić information content (AvgIpc) is 3.94. The third kappa shape index (κ3) is 32.9. The lowest BCUT2D eigenvalue weighted by Gasteiger charge is -2.20. The number of phosphoric acid groups is 1. The minimum atomic E-state index is -4.64. The fourth-order valence-corrected chi connectivity index (χ4v) is 6.63. The molecule has 0 aromatic rings. The summed E-state index contributed by atoms with van der Waals surface area (Å²) in [4.78, 5) is 35.0. The van der Waals surface area contributed by atoms with Gasteiger partial charge in [-0.25, -0.2) is 4.57 Å². The molecule has 0 aliphatic carbocycles. The van der Waals surface area contributed by atoms with E-state index in [-0.39, 0.29) is 19.4 Å². The van der Waals surface area contributed by atoms with Gasteiger partial charge in [0.05, 0.1) is 32.0 Å². The molecule has 1 aliphatic heterocycles. The highest BCUT2D eigenvalue weighted by molar-refractivity contribution is 7.47. The summed E-state index contributed by atoms with van der Waals surface area (Å²) in [5.74, 6) is -1.01. The Bertz CT molecular complexity index is 1140. The van der Waals surface area contributed by atoms with Crippen LogP contribution in [0.5, 0.6) is 0 Å². The quantitative estimate of drug-likeness (QED) is 0.0178. The van der Waals surface area contributed by atoms with Crippen molar-refractivity contribution >= 4 is 19.8 Å². The summed E-state index contributed by atoms with van der Waals surface area (Å²) in [6, 6.07) is 0. The molecular weight excluding hydrogens is 735 g/mol. The topological polar surface area (TPSA) is 161 Å². The van der Waals surface area contributed by atoms with Crippen LogP contribution in [0.2, 0.25) is 0 Å². The summed E-state index contributed by atoms with van der Waals surface area (Å²) in [6.07, 6.45) is 39.7. The fraction of sp³-hybridized carbons (Fsp3) is 0.773. The lowest BCUT2D eigenvalue weighted by Crippen LogP contribution is -2.29. The van der Waals surface area contributed by atoms with E-state index in [2.05, 4.69) is 54.8 Å². The van der Waals surface area contributed by atoms with Crippen molar-refractivity contribution in [2.24, 2.45) is 0 Å². The maximum Gasteiger partial charge on any atom is 0.472 e. The molecular formula is C44H77O11P. The lowest BCUT2D eigenvalue weighted by molar-refractivity contribution is -0.161. The molecule has 0 bridgehead atoms. The van der Waals surface area contributed by atoms with E-state index in [9.17, 15) is 24.2 Å². The van der Waals surface area contributed by atoms with Crippen LogP contribution in [0.1, 0.15) is 168 Å². The number of aliphatic hydroxyl groups is 2. The van der Waals surface area contributed by atoms with Crippen LogP contribution in [0.3, 0.4) is 0 Å². The highest BCUT2D eigenvalue weighted by Crippen LogP contribution is 2.43. The third-order valence-electron chi connectivity index (χ3n) is 9.36. The average molecular weight is 813 g/mol. The van der Waals surface area contributed by atoms with E-state index in [4.69, 9.17) is 23.8 Å². The van der Waals surface area contributed by atoms with E-state index >= 15 is 0 Å². The molecule has 56 heavy (non-hydrogen) atoms. The van der Waals surface area contributed by atoms with Gasteiger partial charge < -0.3 is 29.3 Å². The Morgan fingerprint density at radius 2 is 1.11 bits per heavy atom. The molecule has 0 radical (unpaired) electrons. The monoisotopic (exact) mass is 813 g/mol. The molecule has 0 spiro atoms. The van der Waals surface area contributed by atoms with Crippen LogP contribution in [-0.2, 0) is 37.4 Å². The molecule has 324 valence electrons. The van der Waals surface area contributed by atoms with E-state index in [1.165, 1.54) is 57.8 Å². The molecule has 5 unspecified atom stereocenters. The molecule has 0 amide bonds. The van der Waals surface area contributed by atoms with Gasteiger partial charge in [-0.3, -0.25) is 18.6 Å². The summed E-state index contributed by atoms with van der Waals surface area (Å²) in [5, 5.41) is 18.3. The Labute approximate surface area is 338 Å². The minimum absolute atomic E-state index is 0.100. The van der Waals surface area contributed by atoms with E-state index in [1.54, 1.807) is 0 Å². The molecule has 11 nitrogen and oxygen atoms in total. The molecule has 3 N–H and O–H groups in total. The summed E-state index contributed by atoms with van der Waals surface area (Å²) in [5.41, 5.74) is 0. The van der Waals surface area contributed by atoms with Crippen LogP contribution in [-0.4, -0.2) is 77.9 Å². The van der Waals surface area contributed by atoms with Gasteiger partial charge in [-0.15, -0.1) is 0 Å². The smallest absolute Gasteiger partial charge is 0.462 e. The number of ether oxygens (including phenoxy) is 3. The second kappa shape index (κ2) is 36.0. The molecule has 5 atom stereocenters. The summed E-state index contributed by atoms with van der Waals surface area (Å²) >= 11 is 0. The summed E-state index contributed by atoms with van der Waals surface area (Å²) in [7, 11) is -4.64. The van der Waals surface area contributed by atoms with E-state index in [0.29, 0.717) is 31.5 Å². The van der Waals surface area contributed by atoms with Crippen LogP contribution in [0.15, 0.2) is 48.6 Å². The minimum Gasteiger partial charge on any atom is -0.462 e. The van der Waals surface area contributed by atoms with Gasteiger partial charge in [0.25, 0.3) is 0 Å². The number of epoxide rings is 1. The number of esters is 2. The number of aliphatic hydroxyl groups excluding tert-OH is 2. The van der Waals surface area contributed by atoms with Gasteiger partial charge in [0.1, 0.15) is 12.7 Å². The maximum atomic E-state index is 12.6. The summed E-state index contributed by atoms with van der Waals surface area (Å²) in [6.45, 7) is 2.25. The molecule has 0 saturated carbocycles. The van der Waals surface area contributed by atoms with Gasteiger partial charge >= 0.3 is 19.8 Å². The van der Waals surface area contributed by atoms with Crippen molar-refractivity contribution in [2.75, 3.05) is 26.4 Å². The third-order valence-corrected chi connectivity index (χ3v) is 10.3. The SMILES string of the molecule is CCCCC/C=C\CC1OC1C/C=C\C/C=C\CCCC(=O)OC(COC(=O)CCCCCCC/C=C\CCCCCCCC)COP(=O)(O)OCC(O)CO.